The minimum Gasteiger partial charge on any atom is -0.496 e. The number of nitrogens with one attached hydrogen (secondary N) is 1. The Bertz CT molecular complexity index is 1140. The van der Waals surface area contributed by atoms with Crippen LogP contribution in [0.1, 0.15) is 11.1 Å². The van der Waals surface area contributed by atoms with E-state index in [0.717, 1.165) is 10.4 Å². The maximum atomic E-state index is 12.7. The first-order valence-corrected chi connectivity index (χ1v) is 10.9. The first kappa shape index (κ1) is 20.2. The zero-order chi connectivity index (χ0) is 20.3. The Balaban J connectivity index is 1.75. The SMILES string of the molecule is COc1cc(C)c(S(=O)(=O)NCCn2nc(-c3cccs3)ccc2=O)cc1C. The summed E-state index contributed by atoms with van der Waals surface area (Å²) in [7, 11) is -2.18. The van der Waals surface area contributed by atoms with Crippen LogP contribution < -0.4 is 15.0 Å². The monoisotopic (exact) mass is 419 g/mol. The summed E-state index contributed by atoms with van der Waals surface area (Å²) in [4.78, 5) is 13.2. The van der Waals surface area contributed by atoms with E-state index in [1.807, 2.05) is 17.5 Å². The molecule has 2 aromatic heterocycles. The van der Waals surface area contributed by atoms with Gasteiger partial charge in [-0.15, -0.1) is 11.3 Å². The standard InChI is InChI=1S/C19H21N3O4S2/c1-13-12-18(14(2)11-16(13)26-3)28(24,25)20-8-9-22-19(23)7-6-15(21-22)17-5-4-10-27-17/h4-7,10-12,20H,8-9H2,1-3H3. The molecule has 7 nitrogen and oxygen atoms in total. The highest BCUT2D eigenvalue weighted by molar-refractivity contribution is 7.89. The summed E-state index contributed by atoms with van der Waals surface area (Å²) < 4.78 is 34.4. The summed E-state index contributed by atoms with van der Waals surface area (Å²) in [5, 5.41) is 6.25. The number of ether oxygens (including phenoxy) is 1. The third-order valence-electron chi connectivity index (χ3n) is 4.24. The molecule has 0 aliphatic heterocycles. The Morgan fingerprint density at radius 3 is 2.64 bits per heavy atom. The molecule has 0 radical (unpaired) electrons. The number of nitrogens with zero attached hydrogens (tertiary/aromatic N) is 2. The number of thiophene rings is 1. The van der Waals surface area contributed by atoms with Crippen LogP contribution >= 0.6 is 11.3 Å². The summed E-state index contributed by atoms with van der Waals surface area (Å²) in [6, 6.07) is 10.2. The van der Waals surface area contributed by atoms with Crippen molar-refractivity contribution in [2.24, 2.45) is 0 Å². The van der Waals surface area contributed by atoms with Crippen molar-refractivity contribution in [3.8, 4) is 16.3 Å². The van der Waals surface area contributed by atoms with Crippen molar-refractivity contribution in [3.05, 3.63) is 63.3 Å². The number of hydrogen-bond acceptors (Lipinski definition) is 6. The molecular weight excluding hydrogens is 398 g/mol. The first-order valence-electron chi connectivity index (χ1n) is 8.59. The maximum Gasteiger partial charge on any atom is 0.266 e. The van der Waals surface area contributed by atoms with E-state index >= 15 is 0 Å². The molecule has 2 heterocycles. The first-order chi connectivity index (χ1) is 13.3. The van der Waals surface area contributed by atoms with Gasteiger partial charge in [-0.3, -0.25) is 4.79 Å². The van der Waals surface area contributed by atoms with Gasteiger partial charge in [0.15, 0.2) is 0 Å². The zero-order valence-corrected chi connectivity index (χ0v) is 17.4. The van der Waals surface area contributed by atoms with Gasteiger partial charge < -0.3 is 4.74 Å². The number of aromatic nitrogens is 2. The average Bonchev–Trinajstić information content (AvgIpc) is 3.19. The lowest BCUT2D eigenvalue weighted by atomic mass is 10.1. The molecule has 0 fully saturated rings. The van der Waals surface area contributed by atoms with Crippen molar-refractivity contribution in [2.45, 2.75) is 25.3 Å². The van der Waals surface area contributed by atoms with Gasteiger partial charge in [-0.1, -0.05) is 6.07 Å². The van der Waals surface area contributed by atoms with Crippen LogP contribution in [0.4, 0.5) is 0 Å². The van der Waals surface area contributed by atoms with Gasteiger partial charge in [0.2, 0.25) is 10.0 Å². The lowest BCUT2D eigenvalue weighted by Crippen LogP contribution is -2.32. The van der Waals surface area contributed by atoms with Gasteiger partial charge in [0, 0.05) is 12.6 Å². The van der Waals surface area contributed by atoms with Crippen molar-refractivity contribution in [2.75, 3.05) is 13.7 Å². The topological polar surface area (TPSA) is 90.3 Å². The van der Waals surface area contributed by atoms with E-state index in [1.54, 1.807) is 39.2 Å². The second kappa shape index (κ2) is 8.26. The highest BCUT2D eigenvalue weighted by Gasteiger charge is 2.18. The molecule has 0 unspecified atom stereocenters. The number of rotatable bonds is 7. The fourth-order valence-corrected chi connectivity index (χ4v) is 4.82. The van der Waals surface area contributed by atoms with Gasteiger partial charge in [-0.05, 0) is 54.6 Å². The Hall–Kier alpha value is -2.49. The lowest BCUT2D eigenvalue weighted by Gasteiger charge is -2.13. The summed E-state index contributed by atoms with van der Waals surface area (Å²) in [5.74, 6) is 0.637. The molecule has 148 valence electrons. The summed E-state index contributed by atoms with van der Waals surface area (Å²) in [6.07, 6.45) is 0. The normalized spacial score (nSPS) is 11.5. The maximum absolute atomic E-state index is 12.7. The minimum absolute atomic E-state index is 0.0493. The molecule has 0 aliphatic rings. The van der Waals surface area contributed by atoms with E-state index in [-0.39, 0.29) is 23.5 Å². The van der Waals surface area contributed by atoms with Crippen LogP contribution in [0.25, 0.3) is 10.6 Å². The molecule has 3 aromatic rings. The van der Waals surface area contributed by atoms with Crippen molar-refractivity contribution < 1.29 is 13.2 Å². The average molecular weight is 420 g/mol. The van der Waals surface area contributed by atoms with Crippen molar-refractivity contribution in [3.63, 3.8) is 0 Å². The Kier molecular flexibility index (Phi) is 5.97. The van der Waals surface area contributed by atoms with Crippen LogP contribution in [0.15, 0.2) is 51.5 Å². The fourth-order valence-electron chi connectivity index (χ4n) is 2.80. The third-order valence-corrected chi connectivity index (χ3v) is 6.73. The number of methoxy groups -OCH3 is 1. The molecule has 0 amide bonds. The van der Waals surface area contributed by atoms with Gasteiger partial charge >= 0.3 is 0 Å². The Labute approximate surface area is 167 Å². The number of benzene rings is 1. The van der Waals surface area contributed by atoms with Gasteiger partial charge in [-0.2, -0.15) is 5.10 Å². The molecule has 1 aromatic carbocycles. The second-order valence-corrected chi connectivity index (χ2v) is 8.93. The van der Waals surface area contributed by atoms with Crippen molar-refractivity contribution >= 4 is 21.4 Å². The Morgan fingerprint density at radius 2 is 1.96 bits per heavy atom. The van der Waals surface area contributed by atoms with E-state index in [1.165, 1.54) is 22.1 Å². The molecule has 0 atom stereocenters. The van der Waals surface area contributed by atoms with Gasteiger partial charge in [0.25, 0.3) is 5.56 Å². The molecule has 0 aliphatic carbocycles. The summed E-state index contributed by atoms with van der Waals surface area (Å²) >= 11 is 1.52. The predicted molar refractivity (Wildman–Crippen MR) is 109 cm³/mol. The molecule has 28 heavy (non-hydrogen) atoms. The third kappa shape index (κ3) is 4.32. The van der Waals surface area contributed by atoms with Crippen LogP contribution in [0.5, 0.6) is 5.75 Å². The van der Waals surface area contributed by atoms with Crippen molar-refractivity contribution in [1.29, 1.82) is 0 Å². The number of sulfonamides is 1. The minimum atomic E-state index is -3.72. The van der Waals surface area contributed by atoms with Gasteiger partial charge in [-0.25, -0.2) is 17.8 Å². The Morgan fingerprint density at radius 1 is 1.18 bits per heavy atom. The largest absolute Gasteiger partial charge is 0.496 e. The van der Waals surface area contributed by atoms with Crippen LogP contribution in [0.3, 0.4) is 0 Å². The van der Waals surface area contributed by atoms with E-state index in [0.29, 0.717) is 17.0 Å². The number of hydrogen-bond donors (Lipinski definition) is 1. The van der Waals surface area contributed by atoms with Crippen molar-refractivity contribution in [1.82, 2.24) is 14.5 Å². The van der Waals surface area contributed by atoms with Crippen LogP contribution in [-0.4, -0.2) is 31.9 Å². The lowest BCUT2D eigenvalue weighted by molar-refractivity contribution is 0.411. The van der Waals surface area contributed by atoms with E-state index in [2.05, 4.69) is 9.82 Å². The highest BCUT2D eigenvalue weighted by Crippen LogP contribution is 2.25. The molecule has 3 rings (SSSR count). The molecular formula is C19H21N3O4S2. The molecule has 1 N–H and O–H groups in total. The highest BCUT2D eigenvalue weighted by atomic mass is 32.2. The quantitative estimate of drug-likeness (QED) is 0.636. The van der Waals surface area contributed by atoms with Crippen LogP contribution in [0, 0.1) is 13.8 Å². The molecule has 0 spiro atoms. The fraction of sp³-hybridized carbons (Fsp3) is 0.263. The summed E-state index contributed by atoms with van der Waals surface area (Å²) in [6.45, 7) is 3.68. The van der Waals surface area contributed by atoms with Crippen LogP contribution in [0.2, 0.25) is 0 Å². The molecule has 9 heteroatoms. The molecule has 0 saturated carbocycles. The predicted octanol–water partition coefficient (Wildman–Crippen LogP) is 2.58. The number of aryl methyl sites for hydroxylation is 2. The van der Waals surface area contributed by atoms with E-state index < -0.39 is 10.0 Å². The second-order valence-electron chi connectivity index (χ2n) is 6.24. The summed E-state index contributed by atoms with van der Waals surface area (Å²) in [5.41, 5.74) is 1.72. The van der Waals surface area contributed by atoms with Gasteiger partial charge in [0.05, 0.1) is 23.4 Å². The van der Waals surface area contributed by atoms with Gasteiger partial charge in [0.1, 0.15) is 11.4 Å². The van der Waals surface area contributed by atoms with E-state index in [9.17, 15) is 13.2 Å². The smallest absolute Gasteiger partial charge is 0.266 e. The molecule has 0 saturated heterocycles. The van der Waals surface area contributed by atoms with Crippen LogP contribution in [-0.2, 0) is 16.6 Å². The van der Waals surface area contributed by atoms with E-state index in [4.69, 9.17) is 4.74 Å². The molecule has 0 bridgehead atoms. The zero-order valence-electron chi connectivity index (χ0n) is 15.8.